The van der Waals surface area contributed by atoms with Crippen molar-refractivity contribution in [2.75, 3.05) is 32.7 Å². The van der Waals surface area contributed by atoms with Crippen molar-refractivity contribution in [3.8, 4) is 0 Å². The molecule has 1 fully saturated rings. The average Bonchev–Trinajstić information content (AvgIpc) is 2.89. The molecule has 0 saturated carbocycles. The SMILES string of the molecule is Brc1ccc(CCNCCN2CCCC2)s1. The van der Waals surface area contributed by atoms with Crippen molar-refractivity contribution >= 4 is 27.3 Å². The maximum Gasteiger partial charge on any atom is 0.0701 e. The van der Waals surface area contributed by atoms with Gasteiger partial charge in [-0.15, -0.1) is 11.3 Å². The van der Waals surface area contributed by atoms with Gasteiger partial charge >= 0.3 is 0 Å². The zero-order chi connectivity index (χ0) is 11.2. The Kier molecular flexibility index (Phi) is 5.29. The summed E-state index contributed by atoms with van der Waals surface area (Å²) in [5.74, 6) is 0. The van der Waals surface area contributed by atoms with E-state index in [4.69, 9.17) is 0 Å². The summed E-state index contributed by atoms with van der Waals surface area (Å²) in [5, 5.41) is 3.52. The van der Waals surface area contributed by atoms with Gasteiger partial charge in [0.05, 0.1) is 3.79 Å². The number of thiophene rings is 1. The van der Waals surface area contributed by atoms with Crippen molar-refractivity contribution in [2.45, 2.75) is 19.3 Å². The summed E-state index contributed by atoms with van der Waals surface area (Å²) in [5.41, 5.74) is 0. The number of halogens is 1. The topological polar surface area (TPSA) is 15.3 Å². The summed E-state index contributed by atoms with van der Waals surface area (Å²) in [7, 11) is 0. The van der Waals surface area contributed by atoms with Crippen LogP contribution in [0.1, 0.15) is 17.7 Å². The van der Waals surface area contributed by atoms with Gasteiger partial charge in [-0.25, -0.2) is 0 Å². The van der Waals surface area contributed by atoms with Gasteiger partial charge in [-0.05, 0) is 60.4 Å². The Hall–Kier alpha value is 0.1000. The predicted octanol–water partition coefficient (Wildman–Crippen LogP) is 2.74. The third-order valence-corrected chi connectivity index (χ3v) is 4.66. The van der Waals surface area contributed by atoms with Gasteiger partial charge in [0.2, 0.25) is 0 Å². The van der Waals surface area contributed by atoms with Crippen LogP contribution in [0.15, 0.2) is 15.9 Å². The Morgan fingerprint density at radius 3 is 2.75 bits per heavy atom. The van der Waals surface area contributed by atoms with E-state index in [1.165, 1.54) is 41.1 Å². The van der Waals surface area contributed by atoms with Crippen LogP contribution in [0.2, 0.25) is 0 Å². The van der Waals surface area contributed by atoms with Gasteiger partial charge in [0.25, 0.3) is 0 Å². The third kappa shape index (κ3) is 4.17. The van der Waals surface area contributed by atoms with E-state index in [2.05, 4.69) is 38.3 Å². The lowest BCUT2D eigenvalue weighted by Crippen LogP contribution is -2.30. The van der Waals surface area contributed by atoms with E-state index < -0.39 is 0 Å². The molecule has 0 radical (unpaired) electrons. The molecule has 90 valence electrons. The zero-order valence-electron chi connectivity index (χ0n) is 9.54. The van der Waals surface area contributed by atoms with Crippen LogP contribution < -0.4 is 5.32 Å². The lowest BCUT2D eigenvalue weighted by molar-refractivity contribution is 0.336. The van der Waals surface area contributed by atoms with Crippen LogP contribution in [0.25, 0.3) is 0 Å². The molecule has 1 aliphatic rings. The van der Waals surface area contributed by atoms with Gasteiger partial charge in [0, 0.05) is 24.5 Å². The molecular formula is C12H19BrN2S. The number of hydrogen-bond donors (Lipinski definition) is 1. The maximum atomic E-state index is 3.52. The molecule has 16 heavy (non-hydrogen) atoms. The lowest BCUT2D eigenvalue weighted by Gasteiger charge is -2.14. The second kappa shape index (κ2) is 6.74. The molecule has 0 amide bonds. The number of nitrogens with one attached hydrogen (secondary N) is 1. The first kappa shape index (κ1) is 12.6. The second-order valence-corrected chi connectivity index (χ2v) is 6.80. The minimum atomic E-state index is 1.10. The van der Waals surface area contributed by atoms with Crippen LogP contribution in [0.3, 0.4) is 0 Å². The van der Waals surface area contributed by atoms with Crippen molar-refractivity contribution in [1.82, 2.24) is 10.2 Å². The first-order valence-corrected chi connectivity index (χ1v) is 7.63. The van der Waals surface area contributed by atoms with Crippen LogP contribution in [-0.2, 0) is 6.42 Å². The molecule has 0 bridgehead atoms. The molecular weight excluding hydrogens is 284 g/mol. The minimum Gasteiger partial charge on any atom is -0.315 e. The Morgan fingerprint density at radius 1 is 1.25 bits per heavy atom. The summed E-state index contributed by atoms with van der Waals surface area (Å²) in [6.45, 7) is 6.06. The largest absolute Gasteiger partial charge is 0.315 e. The fourth-order valence-corrected chi connectivity index (χ4v) is 3.55. The molecule has 0 spiro atoms. The molecule has 4 heteroatoms. The fraction of sp³-hybridized carbons (Fsp3) is 0.667. The van der Waals surface area contributed by atoms with Crippen molar-refractivity contribution in [3.63, 3.8) is 0 Å². The molecule has 1 aromatic heterocycles. The molecule has 0 atom stereocenters. The number of likely N-dealkylation sites (tertiary alicyclic amines) is 1. The van der Waals surface area contributed by atoms with Crippen LogP contribution in [0.5, 0.6) is 0 Å². The van der Waals surface area contributed by atoms with Crippen molar-refractivity contribution in [3.05, 3.63) is 20.8 Å². The zero-order valence-corrected chi connectivity index (χ0v) is 11.9. The minimum absolute atomic E-state index is 1.10. The Bertz CT molecular complexity index is 308. The summed E-state index contributed by atoms with van der Waals surface area (Å²) in [6.07, 6.45) is 3.93. The van der Waals surface area contributed by atoms with Crippen molar-refractivity contribution in [2.24, 2.45) is 0 Å². The maximum absolute atomic E-state index is 3.52. The van der Waals surface area contributed by atoms with E-state index in [1.807, 2.05) is 11.3 Å². The lowest BCUT2D eigenvalue weighted by atomic mass is 10.3. The molecule has 1 saturated heterocycles. The van der Waals surface area contributed by atoms with Crippen LogP contribution in [-0.4, -0.2) is 37.6 Å². The van der Waals surface area contributed by atoms with Crippen LogP contribution in [0, 0.1) is 0 Å². The third-order valence-electron chi connectivity index (χ3n) is 2.98. The average molecular weight is 303 g/mol. The normalized spacial score (nSPS) is 17.1. The van der Waals surface area contributed by atoms with Gasteiger partial charge in [-0.2, -0.15) is 0 Å². The van der Waals surface area contributed by atoms with E-state index >= 15 is 0 Å². The van der Waals surface area contributed by atoms with Crippen LogP contribution in [0.4, 0.5) is 0 Å². The molecule has 0 unspecified atom stereocenters. The van der Waals surface area contributed by atoms with Gasteiger partial charge < -0.3 is 10.2 Å². The molecule has 2 rings (SSSR count). The van der Waals surface area contributed by atoms with Gasteiger partial charge in [-0.3, -0.25) is 0 Å². The molecule has 2 nitrogen and oxygen atoms in total. The summed E-state index contributed by atoms with van der Waals surface area (Å²) < 4.78 is 1.24. The summed E-state index contributed by atoms with van der Waals surface area (Å²) in [4.78, 5) is 4.01. The highest BCUT2D eigenvalue weighted by molar-refractivity contribution is 9.11. The standard InChI is InChI=1S/C12H19BrN2S/c13-12-4-3-11(16-12)5-6-14-7-10-15-8-1-2-9-15/h3-4,14H,1-2,5-10H2. The molecule has 2 heterocycles. The van der Waals surface area contributed by atoms with E-state index in [0.29, 0.717) is 0 Å². The number of rotatable bonds is 6. The van der Waals surface area contributed by atoms with Gasteiger partial charge in [0.1, 0.15) is 0 Å². The first-order valence-electron chi connectivity index (χ1n) is 6.02. The van der Waals surface area contributed by atoms with E-state index in [0.717, 1.165) is 19.5 Å². The number of hydrogen-bond acceptors (Lipinski definition) is 3. The van der Waals surface area contributed by atoms with Crippen molar-refractivity contribution in [1.29, 1.82) is 0 Å². The highest BCUT2D eigenvalue weighted by Crippen LogP contribution is 2.21. The second-order valence-electron chi connectivity index (χ2n) is 4.25. The first-order chi connectivity index (χ1) is 7.84. The van der Waals surface area contributed by atoms with Gasteiger partial charge in [0.15, 0.2) is 0 Å². The molecule has 1 aliphatic heterocycles. The van der Waals surface area contributed by atoms with Crippen molar-refractivity contribution < 1.29 is 0 Å². The Balaban J connectivity index is 1.51. The predicted molar refractivity (Wildman–Crippen MR) is 74.3 cm³/mol. The van der Waals surface area contributed by atoms with Gasteiger partial charge in [-0.1, -0.05) is 0 Å². The monoisotopic (exact) mass is 302 g/mol. The summed E-state index contributed by atoms with van der Waals surface area (Å²) in [6, 6.07) is 4.33. The molecule has 0 aromatic carbocycles. The highest BCUT2D eigenvalue weighted by atomic mass is 79.9. The van der Waals surface area contributed by atoms with E-state index in [-0.39, 0.29) is 0 Å². The van der Waals surface area contributed by atoms with Crippen LogP contribution >= 0.6 is 27.3 Å². The summed E-state index contributed by atoms with van der Waals surface area (Å²) >= 11 is 5.33. The molecule has 1 aromatic rings. The van der Waals surface area contributed by atoms with E-state index in [1.54, 1.807) is 0 Å². The fourth-order valence-electron chi connectivity index (χ4n) is 2.07. The van der Waals surface area contributed by atoms with E-state index in [9.17, 15) is 0 Å². The molecule has 0 aliphatic carbocycles. The quantitative estimate of drug-likeness (QED) is 0.813. The molecule has 1 N–H and O–H groups in total. The number of nitrogens with zero attached hydrogens (tertiary/aromatic N) is 1. The Morgan fingerprint density at radius 2 is 2.06 bits per heavy atom. The Labute approximate surface area is 110 Å². The highest BCUT2D eigenvalue weighted by Gasteiger charge is 2.09. The smallest absolute Gasteiger partial charge is 0.0701 e.